The first-order chi connectivity index (χ1) is 18.2. The van der Waals surface area contributed by atoms with Gasteiger partial charge in [0.25, 0.3) is 15.9 Å². The van der Waals surface area contributed by atoms with Gasteiger partial charge in [0.05, 0.1) is 0 Å². The molecular formula is C27H22ClN3O5S2. The minimum absolute atomic E-state index is 0.0190. The molecule has 1 amide bonds. The molecule has 5 rings (SSSR count). The second kappa shape index (κ2) is 9.95. The monoisotopic (exact) mass is 567 g/mol. The molecular weight excluding hydrogens is 546 g/mol. The number of thiophene rings is 1. The highest BCUT2D eigenvalue weighted by Crippen LogP contribution is 2.58. The van der Waals surface area contributed by atoms with Crippen LogP contribution in [0.1, 0.15) is 22.5 Å². The minimum Gasteiger partial charge on any atom is -0.480 e. The topological polar surface area (TPSA) is 125 Å². The molecule has 2 aromatic carbocycles. The van der Waals surface area contributed by atoms with E-state index in [4.69, 9.17) is 11.6 Å². The fourth-order valence-electron chi connectivity index (χ4n) is 4.62. The summed E-state index contributed by atoms with van der Waals surface area (Å²) in [7, 11) is -4.23. The summed E-state index contributed by atoms with van der Waals surface area (Å²) in [6.45, 7) is -0.109. The van der Waals surface area contributed by atoms with Crippen molar-refractivity contribution < 1.29 is 23.1 Å². The van der Waals surface area contributed by atoms with Crippen molar-refractivity contribution >= 4 is 44.8 Å². The predicted octanol–water partition coefficient (Wildman–Crippen LogP) is 4.34. The summed E-state index contributed by atoms with van der Waals surface area (Å²) in [6, 6.07) is 23.7. The Kier molecular flexibility index (Phi) is 6.83. The summed E-state index contributed by atoms with van der Waals surface area (Å²) in [6.07, 6.45) is 1.44. The van der Waals surface area contributed by atoms with Crippen molar-refractivity contribution in [2.24, 2.45) is 0 Å². The van der Waals surface area contributed by atoms with Gasteiger partial charge in [-0.1, -0.05) is 60.1 Å². The van der Waals surface area contributed by atoms with Gasteiger partial charge in [0, 0.05) is 28.1 Å². The quantitative estimate of drug-likeness (QED) is 0.276. The Labute approximate surface area is 228 Å². The third-order valence-electron chi connectivity index (χ3n) is 6.68. The Morgan fingerprint density at radius 3 is 2.34 bits per heavy atom. The number of benzene rings is 2. The maximum absolute atomic E-state index is 13.5. The van der Waals surface area contributed by atoms with Crippen LogP contribution in [0, 0.1) is 0 Å². The van der Waals surface area contributed by atoms with Crippen LogP contribution in [0.25, 0.3) is 10.4 Å². The normalized spacial score (nSPS) is 20.6. The van der Waals surface area contributed by atoms with E-state index in [9.17, 15) is 23.1 Å². The first-order valence-electron chi connectivity index (χ1n) is 11.5. The van der Waals surface area contributed by atoms with E-state index in [2.05, 4.69) is 15.0 Å². The summed E-state index contributed by atoms with van der Waals surface area (Å²) in [5.41, 5.74) is -1.52. The highest BCUT2D eigenvalue weighted by atomic mass is 35.5. The Bertz CT molecular complexity index is 1590. The van der Waals surface area contributed by atoms with Gasteiger partial charge < -0.3 is 10.4 Å². The molecule has 1 saturated carbocycles. The van der Waals surface area contributed by atoms with Gasteiger partial charge in [-0.15, -0.1) is 11.3 Å². The summed E-state index contributed by atoms with van der Waals surface area (Å²) >= 11 is 6.98. The van der Waals surface area contributed by atoms with Crippen LogP contribution in [0.3, 0.4) is 0 Å². The molecule has 0 saturated heterocycles. The van der Waals surface area contributed by atoms with Gasteiger partial charge in [-0.3, -0.25) is 14.6 Å². The number of hydrogen-bond donors (Lipinski definition) is 3. The zero-order chi connectivity index (χ0) is 27.0. The summed E-state index contributed by atoms with van der Waals surface area (Å²) < 4.78 is 29.4. The van der Waals surface area contributed by atoms with Gasteiger partial charge in [-0.2, -0.15) is 4.72 Å². The highest BCUT2D eigenvalue weighted by Gasteiger charge is 2.74. The number of rotatable bonds is 9. The van der Waals surface area contributed by atoms with Gasteiger partial charge in [0.15, 0.2) is 0 Å². The lowest BCUT2D eigenvalue weighted by molar-refractivity contribution is -0.140. The molecule has 0 bridgehead atoms. The van der Waals surface area contributed by atoms with Gasteiger partial charge in [0.2, 0.25) is 0 Å². The molecule has 2 atom stereocenters. The molecule has 2 heterocycles. The Morgan fingerprint density at radius 2 is 1.68 bits per heavy atom. The number of sulfonamides is 1. The molecule has 38 heavy (non-hydrogen) atoms. The predicted molar refractivity (Wildman–Crippen MR) is 145 cm³/mol. The average molecular weight is 568 g/mol. The Morgan fingerprint density at radius 1 is 0.974 bits per heavy atom. The lowest BCUT2D eigenvalue weighted by atomic mass is 9.90. The van der Waals surface area contributed by atoms with Crippen LogP contribution in [-0.2, 0) is 20.2 Å². The molecule has 0 radical (unpaired) electrons. The van der Waals surface area contributed by atoms with Crippen LogP contribution >= 0.6 is 22.9 Å². The molecule has 11 heteroatoms. The Hall–Kier alpha value is -3.57. The number of carboxylic acids is 1. The van der Waals surface area contributed by atoms with Gasteiger partial charge in [-0.05, 0) is 53.9 Å². The molecule has 1 aliphatic carbocycles. The number of carbonyl (C=O) groups excluding carboxylic acids is 1. The molecule has 0 spiro atoms. The first kappa shape index (κ1) is 26.1. The van der Waals surface area contributed by atoms with E-state index in [1.54, 1.807) is 78.9 Å². The number of carboxylic acid groups (broad SMARTS) is 1. The SMILES string of the molecule is O=C(NCC1(c2ccccc2)CC1(NS(=O)(=O)c1ccc(-c2ccc(Cl)cc2)s1)C(=O)O)c1ccccn1. The van der Waals surface area contributed by atoms with Crippen LogP contribution in [0.4, 0.5) is 0 Å². The van der Waals surface area contributed by atoms with E-state index in [1.807, 2.05) is 0 Å². The average Bonchev–Trinajstić information content (AvgIpc) is 3.29. The van der Waals surface area contributed by atoms with Crippen molar-refractivity contribution in [3.05, 3.63) is 107 Å². The summed E-state index contributed by atoms with van der Waals surface area (Å²) in [4.78, 5) is 30.1. The zero-order valence-electron chi connectivity index (χ0n) is 19.8. The number of aromatic nitrogens is 1. The van der Waals surface area contributed by atoms with Crippen molar-refractivity contribution in [3.8, 4) is 10.4 Å². The third kappa shape index (κ3) is 4.71. The maximum Gasteiger partial charge on any atom is 0.325 e. The van der Waals surface area contributed by atoms with E-state index in [0.29, 0.717) is 15.5 Å². The van der Waals surface area contributed by atoms with E-state index in [-0.39, 0.29) is 22.9 Å². The van der Waals surface area contributed by atoms with Crippen molar-refractivity contribution in [2.45, 2.75) is 21.6 Å². The Balaban J connectivity index is 1.46. The molecule has 194 valence electrons. The van der Waals surface area contributed by atoms with Crippen LogP contribution < -0.4 is 10.0 Å². The summed E-state index contributed by atoms with van der Waals surface area (Å²) in [5.74, 6) is -1.81. The van der Waals surface area contributed by atoms with Gasteiger partial charge in [0.1, 0.15) is 15.4 Å². The molecule has 1 aliphatic rings. The zero-order valence-corrected chi connectivity index (χ0v) is 22.2. The van der Waals surface area contributed by atoms with Crippen LogP contribution in [-0.4, -0.2) is 42.5 Å². The number of halogens is 1. The fraction of sp³-hybridized carbons (Fsp3) is 0.148. The van der Waals surface area contributed by atoms with Crippen LogP contribution in [0.2, 0.25) is 5.02 Å². The second-order valence-corrected chi connectivity index (χ2v) is 12.4. The van der Waals surface area contributed by atoms with Crippen LogP contribution in [0.5, 0.6) is 0 Å². The van der Waals surface area contributed by atoms with Crippen molar-refractivity contribution in [2.75, 3.05) is 6.54 Å². The standard InChI is InChI=1S/C27H22ClN3O5S2/c28-20-11-9-18(10-12-20)22-13-14-23(37-22)38(35,36)31-27(25(33)34)16-26(27,19-6-2-1-3-7-19)17-30-24(32)21-8-4-5-15-29-21/h1-15,31H,16-17H2,(H,30,32)(H,33,34). The van der Waals surface area contributed by atoms with Crippen molar-refractivity contribution in [1.82, 2.24) is 15.0 Å². The second-order valence-electron chi connectivity index (χ2n) is 8.96. The number of pyridine rings is 1. The van der Waals surface area contributed by atoms with E-state index in [1.165, 1.54) is 12.3 Å². The number of hydrogen-bond acceptors (Lipinski definition) is 6. The largest absolute Gasteiger partial charge is 0.480 e. The maximum atomic E-state index is 13.5. The number of aliphatic carboxylic acids is 1. The number of nitrogens with one attached hydrogen (secondary N) is 2. The molecule has 4 aromatic rings. The molecule has 3 N–H and O–H groups in total. The van der Waals surface area contributed by atoms with Crippen molar-refractivity contribution in [3.63, 3.8) is 0 Å². The van der Waals surface area contributed by atoms with E-state index < -0.39 is 32.9 Å². The number of amides is 1. The minimum atomic E-state index is -4.23. The van der Waals surface area contributed by atoms with Crippen molar-refractivity contribution in [1.29, 1.82) is 0 Å². The van der Waals surface area contributed by atoms with Gasteiger partial charge in [-0.25, -0.2) is 8.42 Å². The van der Waals surface area contributed by atoms with Gasteiger partial charge >= 0.3 is 5.97 Å². The fourth-order valence-corrected chi connectivity index (χ4v) is 7.48. The number of carbonyl (C=O) groups is 2. The van der Waals surface area contributed by atoms with Crippen LogP contribution in [0.15, 0.2) is 95.3 Å². The van der Waals surface area contributed by atoms with E-state index in [0.717, 1.165) is 16.9 Å². The number of nitrogens with zero attached hydrogens (tertiary/aromatic N) is 1. The lowest BCUT2D eigenvalue weighted by Gasteiger charge is -2.24. The smallest absolute Gasteiger partial charge is 0.325 e. The molecule has 2 unspecified atom stereocenters. The lowest BCUT2D eigenvalue weighted by Crippen LogP contribution is -2.51. The molecule has 2 aromatic heterocycles. The van der Waals surface area contributed by atoms with E-state index >= 15 is 0 Å². The third-order valence-corrected chi connectivity index (χ3v) is 10.1. The molecule has 1 fully saturated rings. The summed E-state index contributed by atoms with van der Waals surface area (Å²) in [5, 5.41) is 13.7. The first-order valence-corrected chi connectivity index (χ1v) is 14.2. The molecule has 0 aliphatic heterocycles. The molecule has 8 nitrogen and oxygen atoms in total. The highest BCUT2D eigenvalue weighted by molar-refractivity contribution is 7.91.